The van der Waals surface area contributed by atoms with Crippen molar-refractivity contribution < 1.29 is 14.4 Å². The molecule has 3 amide bonds. The number of likely N-dealkylation sites (tertiary alicyclic amines) is 1. The summed E-state index contributed by atoms with van der Waals surface area (Å²) in [5.74, 6) is -0.362. The Kier molecular flexibility index (Phi) is 6.38. The Labute approximate surface area is 133 Å². The second kappa shape index (κ2) is 7.61. The lowest BCUT2D eigenvalue weighted by atomic mass is 9.92. The summed E-state index contributed by atoms with van der Waals surface area (Å²) >= 11 is 0. The fourth-order valence-corrected chi connectivity index (χ4v) is 2.48. The van der Waals surface area contributed by atoms with Gasteiger partial charge in [-0.15, -0.1) is 0 Å². The van der Waals surface area contributed by atoms with Gasteiger partial charge in [0.2, 0.25) is 17.7 Å². The summed E-state index contributed by atoms with van der Waals surface area (Å²) in [6, 6.07) is 0.127. The topological polar surface area (TPSA) is 78.5 Å². The fraction of sp³-hybridized carbons (Fsp3) is 0.812. The van der Waals surface area contributed by atoms with Gasteiger partial charge in [-0.3, -0.25) is 14.4 Å². The van der Waals surface area contributed by atoms with Crippen LogP contribution in [0.3, 0.4) is 0 Å². The normalized spacial score (nSPS) is 18.7. The van der Waals surface area contributed by atoms with Crippen LogP contribution in [0.25, 0.3) is 0 Å². The maximum atomic E-state index is 12.0. The van der Waals surface area contributed by atoms with E-state index in [1.54, 1.807) is 4.90 Å². The van der Waals surface area contributed by atoms with E-state index in [9.17, 15) is 14.4 Å². The lowest BCUT2D eigenvalue weighted by molar-refractivity contribution is -0.129. The summed E-state index contributed by atoms with van der Waals surface area (Å²) in [7, 11) is 0. The minimum Gasteiger partial charge on any atom is -0.354 e. The van der Waals surface area contributed by atoms with Crippen LogP contribution < -0.4 is 10.6 Å². The predicted octanol–water partition coefficient (Wildman–Crippen LogP) is 0.912. The number of nitrogens with zero attached hydrogens (tertiary/aromatic N) is 1. The number of carbonyl (C=O) groups is 3. The van der Waals surface area contributed by atoms with Crippen LogP contribution in [-0.2, 0) is 14.4 Å². The smallest absolute Gasteiger partial charge is 0.225 e. The summed E-state index contributed by atoms with van der Waals surface area (Å²) in [5.41, 5.74) is -0.0438. The molecule has 22 heavy (non-hydrogen) atoms. The molecule has 0 aromatic carbocycles. The van der Waals surface area contributed by atoms with Gasteiger partial charge >= 0.3 is 0 Å². The van der Waals surface area contributed by atoms with E-state index in [4.69, 9.17) is 0 Å². The van der Waals surface area contributed by atoms with Crippen molar-refractivity contribution in [3.05, 3.63) is 0 Å². The molecule has 1 fully saturated rings. The number of hydrogen-bond acceptors (Lipinski definition) is 3. The van der Waals surface area contributed by atoms with Gasteiger partial charge in [0.25, 0.3) is 0 Å². The Bertz CT molecular complexity index is 427. The van der Waals surface area contributed by atoms with Gasteiger partial charge in [-0.1, -0.05) is 20.8 Å². The molecule has 1 unspecified atom stereocenters. The lowest BCUT2D eigenvalue weighted by Crippen LogP contribution is -2.39. The van der Waals surface area contributed by atoms with E-state index < -0.39 is 0 Å². The molecule has 0 aromatic heterocycles. The molecule has 6 heteroatoms. The predicted molar refractivity (Wildman–Crippen MR) is 85.0 cm³/mol. The van der Waals surface area contributed by atoms with Crippen molar-refractivity contribution in [2.75, 3.05) is 19.6 Å². The van der Waals surface area contributed by atoms with Gasteiger partial charge in [0.05, 0.1) is 5.92 Å². The van der Waals surface area contributed by atoms with Crippen LogP contribution in [0.4, 0.5) is 0 Å². The van der Waals surface area contributed by atoms with Crippen molar-refractivity contribution in [2.24, 2.45) is 11.3 Å². The number of rotatable bonds is 6. The van der Waals surface area contributed by atoms with Crippen molar-refractivity contribution in [2.45, 2.75) is 53.5 Å². The summed E-state index contributed by atoms with van der Waals surface area (Å²) in [6.07, 6.45) is 0.738. The molecule has 126 valence electrons. The standard InChI is InChI=1S/C16H29N3O3/c1-11(2)19-10-12(8-14(19)21)15(22)18-7-6-17-13(20)9-16(3,4)5/h11-12H,6-10H2,1-5H3,(H,17,20)(H,18,22). The molecule has 0 bridgehead atoms. The van der Waals surface area contributed by atoms with Crippen LogP contribution >= 0.6 is 0 Å². The maximum absolute atomic E-state index is 12.0. The Morgan fingerprint density at radius 2 is 1.82 bits per heavy atom. The minimum absolute atomic E-state index is 0.0104. The zero-order chi connectivity index (χ0) is 16.9. The molecule has 1 aliphatic rings. The van der Waals surface area contributed by atoms with Gasteiger partial charge in [0, 0.05) is 38.5 Å². The van der Waals surface area contributed by atoms with Crippen LogP contribution in [-0.4, -0.2) is 48.3 Å². The van der Waals surface area contributed by atoms with Crippen LogP contribution in [0.2, 0.25) is 0 Å². The lowest BCUT2D eigenvalue weighted by Gasteiger charge is -2.20. The van der Waals surface area contributed by atoms with E-state index in [2.05, 4.69) is 10.6 Å². The monoisotopic (exact) mass is 311 g/mol. The minimum atomic E-state index is -0.278. The van der Waals surface area contributed by atoms with E-state index in [1.807, 2.05) is 34.6 Å². The van der Waals surface area contributed by atoms with Gasteiger partial charge in [-0.05, 0) is 19.3 Å². The van der Waals surface area contributed by atoms with Crippen molar-refractivity contribution in [1.29, 1.82) is 0 Å². The Morgan fingerprint density at radius 3 is 2.32 bits per heavy atom. The Morgan fingerprint density at radius 1 is 1.23 bits per heavy atom. The molecule has 1 heterocycles. The van der Waals surface area contributed by atoms with Crippen LogP contribution in [0.1, 0.15) is 47.5 Å². The highest BCUT2D eigenvalue weighted by molar-refractivity contribution is 5.89. The SMILES string of the molecule is CC(C)N1CC(C(=O)NCCNC(=O)CC(C)(C)C)CC1=O. The van der Waals surface area contributed by atoms with Crippen molar-refractivity contribution >= 4 is 17.7 Å². The maximum Gasteiger partial charge on any atom is 0.225 e. The summed E-state index contributed by atoms with van der Waals surface area (Å²) in [6.45, 7) is 11.2. The molecule has 1 aliphatic heterocycles. The first-order valence-corrected chi connectivity index (χ1v) is 7.94. The molecule has 0 saturated carbocycles. The first kappa shape index (κ1) is 18.5. The van der Waals surface area contributed by atoms with Gasteiger partial charge in [-0.25, -0.2) is 0 Å². The van der Waals surface area contributed by atoms with E-state index in [1.165, 1.54) is 0 Å². The molecular weight excluding hydrogens is 282 g/mol. The van der Waals surface area contributed by atoms with Crippen LogP contribution in [0.5, 0.6) is 0 Å². The molecule has 0 aliphatic carbocycles. The second-order valence-electron chi connectivity index (χ2n) is 7.42. The first-order valence-electron chi connectivity index (χ1n) is 7.94. The number of amides is 3. The average molecular weight is 311 g/mol. The molecule has 0 aromatic rings. The molecular formula is C16H29N3O3. The highest BCUT2D eigenvalue weighted by Crippen LogP contribution is 2.20. The summed E-state index contributed by atoms with van der Waals surface area (Å²) < 4.78 is 0. The van der Waals surface area contributed by atoms with Gasteiger partial charge < -0.3 is 15.5 Å². The second-order valence-corrected chi connectivity index (χ2v) is 7.42. The van der Waals surface area contributed by atoms with E-state index >= 15 is 0 Å². The van der Waals surface area contributed by atoms with E-state index in [0.29, 0.717) is 26.1 Å². The van der Waals surface area contributed by atoms with E-state index in [0.717, 1.165) is 0 Å². The summed E-state index contributed by atoms with van der Waals surface area (Å²) in [4.78, 5) is 37.2. The highest BCUT2D eigenvalue weighted by atomic mass is 16.2. The van der Waals surface area contributed by atoms with E-state index in [-0.39, 0.29) is 41.5 Å². The quantitative estimate of drug-likeness (QED) is 0.716. The highest BCUT2D eigenvalue weighted by Gasteiger charge is 2.35. The molecule has 1 rings (SSSR count). The largest absolute Gasteiger partial charge is 0.354 e. The molecule has 0 spiro atoms. The molecule has 1 atom stereocenters. The van der Waals surface area contributed by atoms with Crippen molar-refractivity contribution in [3.63, 3.8) is 0 Å². The van der Waals surface area contributed by atoms with Gasteiger partial charge in [-0.2, -0.15) is 0 Å². The zero-order valence-corrected chi connectivity index (χ0v) is 14.4. The van der Waals surface area contributed by atoms with Crippen molar-refractivity contribution in [3.8, 4) is 0 Å². The number of carbonyl (C=O) groups excluding carboxylic acids is 3. The third kappa shape index (κ3) is 6.03. The average Bonchev–Trinajstić information content (AvgIpc) is 2.74. The number of nitrogens with one attached hydrogen (secondary N) is 2. The molecule has 1 saturated heterocycles. The van der Waals surface area contributed by atoms with Gasteiger partial charge in [0.15, 0.2) is 0 Å². The molecule has 6 nitrogen and oxygen atoms in total. The zero-order valence-electron chi connectivity index (χ0n) is 14.4. The van der Waals surface area contributed by atoms with Crippen molar-refractivity contribution in [1.82, 2.24) is 15.5 Å². The van der Waals surface area contributed by atoms with Crippen LogP contribution in [0.15, 0.2) is 0 Å². The third-order valence-corrected chi connectivity index (χ3v) is 3.59. The van der Waals surface area contributed by atoms with Gasteiger partial charge in [0.1, 0.15) is 0 Å². The first-order chi connectivity index (χ1) is 10.1. The summed E-state index contributed by atoms with van der Waals surface area (Å²) in [5, 5.41) is 5.58. The third-order valence-electron chi connectivity index (χ3n) is 3.59. The Balaban J connectivity index is 2.25. The fourth-order valence-electron chi connectivity index (χ4n) is 2.48. The molecule has 2 N–H and O–H groups in total. The Hall–Kier alpha value is -1.59. The van der Waals surface area contributed by atoms with Crippen LogP contribution in [0, 0.1) is 11.3 Å². The number of hydrogen-bond donors (Lipinski definition) is 2. The molecule has 0 radical (unpaired) electrons.